The van der Waals surface area contributed by atoms with Crippen LogP contribution in [0.2, 0.25) is 0 Å². The predicted octanol–water partition coefficient (Wildman–Crippen LogP) is 2.61. The summed E-state index contributed by atoms with van der Waals surface area (Å²) in [6.45, 7) is 0.382. The van der Waals surface area contributed by atoms with Crippen molar-refractivity contribution >= 4 is 23.3 Å². The average molecular weight is 392 g/mol. The Labute approximate surface area is 159 Å². The maximum absolute atomic E-state index is 13.4. The quantitative estimate of drug-likeness (QED) is 0.417. The number of ether oxygens (including phenoxy) is 3. The van der Waals surface area contributed by atoms with Crippen molar-refractivity contribution in [3.63, 3.8) is 0 Å². The molecule has 0 atom stereocenters. The van der Waals surface area contributed by atoms with Crippen LogP contribution in [0.4, 0.5) is 15.8 Å². The molecule has 0 fully saturated rings. The first-order valence-electron chi connectivity index (χ1n) is 7.97. The Morgan fingerprint density at radius 3 is 2.54 bits per heavy atom. The zero-order valence-electron chi connectivity index (χ0n) is 15.1. The summed E-state index contributed by atoms with van der Waals surface area (Å²) < 4.78 is 28.1. The lowest BCUT2D eigenvalue weighted by atomic mass is 10.1. The summed E-state index contributed by atoms with van der Waals surface area (Å²) in [6.07, 6.45) is 0. The molecular weight excluding hydrogens is 375 g/mol. The van der Waals surface area contributed by atoms with E-state index in [4.69, 9.17) is 14.2 Å². The number of hydrogen-bond donors (Lipinski definition) is 1. The van der Waals surface area contributed by atoms with Crippen LogP contribution in [-0.4, -0.2) is 37.1 Å². The Morgan fingerprint density at radius 1 is 1.18 bits per heavy atom. The van der Waals surface area contributed by atoms with Crippen molar-refractivity contribution in [1.82, 2.24) is 0 Å². The number of para-hydroxylation sites is 1. The molecule has 1 N–H and O–H groups in total. The van der Waals surface area contributed by atoms with Crippen LogP contribution in [-0.2, 0) is 14.3 Å². The number of amides is 1. The van der Waals surface area contributed by atoms with Gasteiger partial charge in [0, 0.05) is 17.8 Å². The van der Waals surface area contributed by atoms with Crippen LogP contribution >= 0.6 is 0 Å². The Bertz CT molecular complexity index is 901. The van der Waals surface area contributed by atoms with Gasteiger partial charge in [-0.25, -0.2) is 9.18 Å². The molecule has 10 heteroatoms. The zero-order chi connectivity index (χ0) is 20.7. The smallest absolute Gasteiger partial charge is 0.344 e. The van der Waals surface area contributed by atoms with E-state index in [0.717, 1.165) is 0 Å². The topological polar surface area (TPSA) is 117 Å². The first-order chi connectivity index (χ1) is 13.3. The lowest BCUT2D eigenvalue weighted by molar-refractivity contribution is -0.385. The summed E-state index contributed by atoms with van der Waals surface area (Å²) in [4.78, 5) is 34.0. The van der Waals surface area contributed by atoms with Gasteiger partial charge in [0.2, 0.25) is 0 Å². The van der Waals surface area contributed by atoms with E-state index < -0.39 is 35.8 Å². The second-order valence-electron chi connectivity index (χ2n) is 5.52. The number of carbonyl (C=O) groups is 2. The summed E-state index contributed by atoms with van der Waals surface area (Å²) in [5.41, 5.74) is 0.455. The lowest BCUT2D eigenvalue weighted by Crippen LogP contribution is -2.24. The van der Waals surface area contributed by atoms with Crippen LogP contribution < -0.4 is 14.8 Å². The fourth-order valence-corrected chi connectivity index (χ4v) is 2.19. The minimum absolute atomic E-state index is 0.0267. The van der Waals surface area contributed by atoms with Gasteiger partial charge in [0.05, 0.1) is 12.0 Å². The third-order valence-corrected chi connectivity index (χ3v) is 3.54. The first kappa shape index (κ1) is 20.6. The number of carbonyl (C=O) groups excluding carboxylic acids is 2. The Kier molecular flexibility index (Phi) is 6.85. The van der Waals surface area contributed by atoms with Gasteiger partial charge < -0.3 is 19.5 Å². The van der Waals surface area contributed by atoms with E-state index in [2.05, 4.69) is 5.32 Å². The van der Waals surface area contributed by atoms with E-state index >= 15 is 0 Å². The summed E-state index contributed by atoms with van der Waals surface area (Å²) in [7, 11) is 1.26. The molecule has 0 aromatic heterocycles. The van der Waals surface area contributed by atoms with Crippen LogP contribution in [0.3, 0.4) is 0 Å². The van der Waals surface area contributed by atoms with Crippen molar-refractivity contribution in [3.8, 4) is 11.5 Å². The summed E-state index contributed by atoms with van der Waals surface area (Å²) >= 11 is 0. The highest BCUT2D eigenvalue weighted by molar-refractivity contribution is 5.94. The molecular formula is C18H17FN2O7. The van der Waals surface area contributed by atoms with Crippen LogP contribution in [0.25, 0.3) is 0 Å². The summed E-state index contributed by atoms with van der Waals surface area (Å²) in [5, 5.41) is 13.4. The van der Waals surface area contributed by atoms with Gasteiger partial charge in [-0.1, -0.05) is 12.1 Å². The maximum atomic E-state index is 13.4. The fourth-order valence-electron chi connectivity index (χ4n) is 2.19. The number of nitrogens with one attached hydrogen (secondary N) is 1. The van der Waals surface area contributed by atoms with Crippen molar-refractivity contribution in [2.75, 3.05) is 25.6 Å². The molecule has 2 rings (SSSR count). The van der Waals surface area contributed by atoms with Crippen LogP contribution in [0.15, 0.2) is 36.4 Å². The van der Waals surface area contributed by atoms with Gasteiger partial charge in [0.25, 0.3) is 5.91 Å². The van der Waals surface area contributed by atoms with Crippen molar-refractivity contribution < 1.29 is 33.1 Å². The summed E-state index contributed by atoms with van der Waals surface area (Å²) in [5.74, 6) is -2.30. The van der Waals surface area contributed by atoms with Crippen molar-refractivity contribution in [2.24, 2.45) is 0 Å². The van der Waals surface area contributed by atoms with E-state index in [0.29, 0.717) is 5.56 Å². The molecule has 0 aliphatic heterocycles. The van der Waals surface area contributed by atoms with Crippen LogP contribution in [0, 0.1) is 22.9 Å². The monoisotopic (exact) mass is 392 g/mol. The van der Waals surface area contributed by atoms with Gasteiger partial charge in [-0.15, -0.1) is 0 Å². The van der Waals surface area contributed by atoms with Gasteiger partial charge in [0.1, 0.15) is 0 Å². The first-order valence-corrected chi connectivity index (χ1v) is 7.97. The fraction of sp³-hybridized carbons (Fsp3) is 0.222. The third-order valence-electron chi connectivity index (χ3n) is 3.54. The normalized spacial score (nSPS) is 10.1. The molecule has 2 aromatic rings. The molecule has 28 heavy (non-hydrogen) atoms. The predicted molar refractivity (Wildman–Crippen MR) is 95.9 cm³/mol. The Morgan fingerprint density at radius 2 is 1.89 bits per heavy atom. The number of nitro benzene ring substituents is 1. The van der Waals surface area contributed by atoms with E-state index in [9.17, 15) is 24.1 Å². The largest absolute Gasteiger partial charge is 0.490 e. The Balaban J connectivity index is 1.89. The number of nitrogens with zero attached hydrogens (tertiary/aromatic N) is 1. The van der Waals surface area contributed by atoms with Crippen molar-refractivity contribution in [1.29, 1.82) is 0 Å². The maximum Gasteiger partial charge on any atom is 0.344 e. The van der Waals surface area contributed by atoms with E-state index in [-0.39, 0.29) is 22.9 Å². The third kappa shape index (κ3) is 5.40. The van der Waals surface area contributed by atoms with Crippen molar-refractivity contribution in [2.45, 2.75) is 6.92 Å². The molecule has 1 amide bonds. The molecule has 0 bridgehead atoms. The van der Waals surface area contributed by atoms with Gasteiger partial charge in [0.15, 0.2) is 30.5 Å². The van der Waals surface area contributed by atoms with E-state index in [1.54, 1.807) is 6.92 Å². The molecule has 0 heterocycles. The second kappa shape index (κ2) is 9.31. The highest BCUT2D eigenvalue weighted by atomic mass is 19.1. The standard InChI is InChI=1S/C18H17FN2O7/c1-11-7-14(21(24)25)16(26-2)8-13(11)20-17(22)9-28-18(23)10-27-15-6-4-3-5-12(15)19/h3-8H,9-10H2,1-2H3,(H,20,22). The molecule has 9 nitrogen and oxygen atoms in total. The number of anilines is 1. The molecule has 0 saturated carbocycles. The molecule has 0 spiro atoms. The molecule has 0 aliphatic rings. The number of rotatable bonds is 8. The second-order valence-corrected chi connectivity index (χ2v) is 5.52. The van der Waals surface area contributed by atoms with E-state index in [1.165, 1.54) is 43.5 Å². The SMILES string of the molecule is COc1cc(NC(=O)COC(=O)COc2ccccc2F)c(C)cc1[N+](=O)[O-]. The molecule has 0 aliphatic carbocycles. The van der Waals surface area contributed by atoms with Crippen LogP contribution in [0.5, 0.6) is 11.5 Å². The van der Waals surface area contributed by atoms with E-state index in [1.807, 2.05) is 0 Å². The minimum atomic E-state index is -0.864. The highest BCUT2D eigenvalue weighted by Gasteiger charge is 2.19. The minimum Gasteiger partial charge on any atom is -0.490 e. The number of nitro groups is 1. The summed E-state index contributed by atoms with van der Waals surface area (Å²) in [6, 6.07) is 8.09. The average Bonchev–Trinajstić information content (AvgIpc) is 2.66. The molecule has 0 radical (unpaired) electrons. The van der Waals surface area contributed by atoms with Crippen LogP contribution in [0.1, 0.15) is 5.56 Å². The lowest BCUT2D eigenvalue weighted by Gasteiger charge is -2.11. The number of halogens is 1. The van der Waals surface area contributed by atoms with Gasteiger partial charge in [-0.05, 0) is 24.6 Å². The number of aryl methyl sites for hydroxylation is 1. The molecule has 2 aromatic carbocycles. The van der Waals surface area contributed by atoms with Gasteiger partial charge in [-0.2, -0.15) is 0 Å². The number of benzene rings is 2. The zero-order valence-corrected chi connectivity index (χ0v) is 15.1. The Hall–Kier alpha value is -3.69. The van der Waals surface area contributed by atoms with Crippen molar-refractivity contribution in [3.05, 3.63) is 57.9 Å². The number of hydrogen-bond acceptors (Lipinski definition) is 7. The van der Waals surface area contributed by atoms with Gasteiger partial charge >= 0.3 is 11.7 Å². The van der Waals surface area contributed by atoms with Gasteiger partial charge in [-0.3, -0.25) is 14.9 Å². The molecule has 0 saturated heterocycles. The molecule has 0 unspecified atom stereocenters. The molecule has 148 valence electrons. The number of esters is 1. The number of methoxy groups -OCH3 is 1. The highest BCUT2D eigenvalue weighted by Crippen LogP contribution is 2.32.